The minimum absolute atomic E-state index is 0. The van der Waals surface area contributed by atoms with Crippen LogP contribution in [-0.2, 0) is 19.2 Å². The maximum absolute atomic E-state index is 2.97. The second-order valence-electron chi connectivity index (χ2n) is 6.46. The van der Waals surface area contributed by atoms with Crippen LogP contribution in [0.1, 0.15) is 0 Å². The Morgan fingerprint density at radius 3 is 1.09 bits per heavy atom. The van der Waals surface area contributed by atoms with Gasteiger partial charge in [0.2, 0.25) is 0 Å². The molecular formula is C30H26Cl2SiTi-4. The van der Waals surface area contributed by atoms with E-state index in [1.54, 1.807) is 19.2 Å². The maximum Gasteiger partial charge on any atom is -0.0809 e. The normalized spacial score (nSPS) is 8.32. The van der Waals surface area contributed by atoms with E-state index in [4.69, 9.17) is 0 Å². The van der Waals surface area contributed by atoms with Crippen LogP contribution in [-0.4, -0.2) is 7.63 Å². The molecule has 0 aliphatic heterocycles. The first-order chi connectivity index (χ1) is 15.9. The van der Waals surface area contributed by atoms with Gasteiger partial charge >= 0.3 is 26.8 Å². The molecule has 0 heterocycles. The van der Waals surface area contributed by atoms with Crippen molar-refractivity contribution >= 4 is 54.0 Å². The predicted octanol–water partition coefficient (Wildman–Crippen LogP) is 8.55. The fourth-order valence-corrected chi connectivity index (χ4v) is 2.82. The zero-order valence-corrected chi connectivity index (χ0v) is 22.9. The van der Waals surface area contributed by atoms with Crippen molar-refractivity contribution in [3.05, 3.63) is 158 Å². The summed E-state index contributed by atoms with van der Waals surface area (Å²) in [5, 5.41) is 5.32. The van der Waals surface area contributed by atoms with E-state index in [2.05, 4.69) is 105 Å². The summed E-state index contributed by atoms with van der Waals surface area (Å²) >= 11 is 1.81. The number of halogens is 2. The summed E-state index contributed by atoms with van der Waals surface area (Å²) in [6.45, 7) is 0. The zero-order chi connectivity index (χ0) is 22.7. The fourth-order valence-electron chi connectivity index (χ4n) is 2.82. The Balaban J connectivity index is 0.000000416. The van der Waals surface area contributed by atoms with Crippen molar-refractivity contribution in [2.75, 3.05) is 0 Å². The van der Waals surface area contributed by atoms with Crippen LogP contribution in [0.25, 0.3) is 21.5 Å². The number of hydrogen-bond donors (Lipinski definition) is 0. The Morgan fingerprint density at radius 2 is 0.824 bits per heavy atom. The molecule has 6 rings (SSSR count). The summed E-state index contributed by atoms with van der Waals surface area (Å²) in [6.07, 6.45) is 0. The molecule has 0 spiro atoms. The van der Waals surface area contributed by atoms with Crippen LogP contribution in [0.4, 0.5) is 0 Å². The Hall–Kier alpha value is -2.39. The molecule has 172 valence electrons. The Morgan fingerprint density at radius 1 is 0.471 bits per heavy atom. The first kappa shape index (κ1) is 31.6. The third-order valence-corrected chi connectivity index (χ3v) is 4.31. The number of fused-ring (bicyclic) bond motifs is 2. The van der Waals surface area contributed by atoms with Crippen molar-refractivity contribution < 1.29 is 19.2 Å². The summed E-state index contributed by atoms with van der Waals surface area (Å²) in [4.78, 5) is 0. The van der Waals surface area contributed by atoms with E-state index < -0.39 is 0 Å². The van der Waals surface area contributed by atoms with Crippen LogP contribution in [0.2, 0.25) is 0 Å². The van der Waals surface area contributed by atoms with E-state index >= 15 is 0 Å². The molecule has 0 N–H and O–H groups in total. The topological polar surface area (TPSA) is 0 Å². The van der Waals surface area contributed by atoms with E-state index in [0.717, 1.165) is 0 Å². The largest absolute Gasteiger partial charge is 0.184 e. The van der Waals surface area contributed by atoms with Gasteiger partial charge in [0.05, 0.1) is 0 Å². The van der Waals surface area contributed by atoms with Gasteiger partial charge in [0.15, 0.2) is 0 Å². The van der Waals surface area contributed by atoms with E-state index in [1.165, 1.54) is 21.5 Å². The van der Waals surface area contributed by atoms with Gasteiger partial charge in [-0.15, -0.1) is 84.1 Å². The first-order valence-corrected chi connectivity index (χ1v) is 13.1. The average molecular weight is 533 g/mol. The molecule has 0 fully saturated rings. The van der Waals surface area contributed by atoms with Gasteiger partial charge in [-0.25, -0.2) is 0 Å². The summed E-state index contributed by atoms with van der Waals surface area (Å²) in [6, 6.07) is 54.3. The Kier molecular flexibility index (Phi) is 19.7. The molecular weight excluding hydrogens is 507 g/mol. The zero-order valence-electron chi connectivity index (χ0n) is 18.7. The van der Waals surface area contributed by atoms with Crippen LogP contribution in [0, 0.1) is 12.1 Å². The third-order valence-electron chi connectivity index (χ3n) is 4.31. The molecule has 6 aromatic rings. The van der Waals surface area contributed by atoms with E-state index in [-0.39, 0.29) is 24.8 Å². The molecule has 0 aliphatic rings. The van der Waals surface area contributed by atoms with Crippen molar-refractivity contribution in [2.45, 2.75) is 0 Å². The monoisotopic (exact) mass is 532 g/mol. The molecule has 0 aromatic heterocycles. The van der Waals surface area contributed by atoms with Crippen LogP contribution < -0.4 is 0 Å². The van der Waals surface area contributed by atoms with Crippen molar-refractivity contribution in [2.24, 2.45) is 0 Å². The SMILES string of the molecule is Cl.Cl.[Si]=[Ti].[c-]1ccccc1.[c-]1ccccc1.c1ccc2[cH-]ccc2c1.c1ccc2[cH-]ccc2c1. The van der Waals surface area contributed by atoms with Crippen molar-refractivity contribution in [1.82, 2.24) is 0 Å². The first-order valence-electron chi connectivity index (χ1n) is 10.2. The van der Waals surface area contributed by atoms with Gasteiger partial charge in [-0.2, -0.15) is 108 Å². The Bertz CT molecular complexity index is 1010. The van der Waals surface area contributed by atoms with Crippen LogP contribution in [0.15, 0.2) is 146 Å². The van der Waals surface area contributed by atoms with Crippen LogP contribution in [0.5, 0.6) is 0 Å². The molecule has 0 saturated heterocycles. The smallest absolute Gasteiger partial charge is 0.0809 e. The summed E-state index contributed by atoms with van der Waals surface area (Å²) in [5.74, 6) is 0. The van der Waals surface area contributed by atoms with Gasteiger partial charge < -0.3 is 0 Å². The predicted molar refractivity (Wildman–Crippen MR) is 150 cm³/mol. The number of hydrogen-bond acceptors (Lipinski definition) is 0. The van der Waals surface area contributed by atoms with Gasteiger partial charge in [0.25, 0.3) is 0 Å². The van der Waals surface area contributed by atoms with Gasteiger partial charge in [0, 0.05) is 0 Å². The molecule has 0 unspecified atom stereocenters. The van der Waals surface area contributed by atoms with Crippen LogP contribution in [0.3, 0.4) is 0 Å². The second-order valence-corrected chi connectivity index (χ2v) is 6.46. The van der Waals surface area contributed by atoms with E-state index in [0.29, 0.717) is 0 Å². The van der Waals surface area contributed by atoms with Crippen LogP contribution >= 0.6 is 24.8 Å². The third kappa shape index (κ3) is 12.7. The Labute approximate surface area is 229 Å². The molecule has 0 bridgehead atoms. The van der Waals surface area contributed by atoms with E-state index in [1.807, 2.05) is 60.7 Å². The fraction of sp³-hybridized carbons (Fsp3) is 0. The van der Waals surface area contributed by atoms with Gasteiger partial charge in [-0.05, 0) is 0 Å². The second kappa shape index (κ2) is 21.2. The van der Waals surface area contributed by atoms with E-state index in [9.17, 15) is 0 Å². The standard InChI is InChI=1S/2C9H7.2C6H5.2ClH.Si.Ti/c2*1-2-5-9-7-3-6-8(9)4-1;2*1-2-4-6-5-3-1;;;;/h2*1-7H;2*1-5H;2*1H;;/q4*-1;;;;. The summed E-state index contributed by atoms with van der Waals surface area (Å²) in [5.41, 5.74) is 0. The van der Waals surface area contributed by atoms with Gasteiger partial charge in [-0.1, -0.05) is 12.1 Å². The van der Waals surface area contributed by atoms with Crippen molar-refractivity contribution in [3.8, 4) is 0 Å². The molecule has 4 heteroatoms. The van der Waals surface area contributed by atoms with Gasteiger partial charge in [0.1, 0.15) is 0 Å². The molecule has 0 saturated carbocycles. The maximum atomic E-state index is 2.97. The van der Waals surface area contributed by atoms with Crippen molar-refractivity contribution in [3.63, 3.8) is 0 Å². The number of rotatable bonds is 0. The average Bonchev–Trinajstić information content (AvgIpc) is 3.58. The quantitative estimate of drug-likeness (QED) is 0.136. The molecule has 34 heavy (non-hydrogen) atoms. The summed E-state index contributed by atoms with van der Waals surface area (Å²) in [7, 11) is 2.97. The molecule has 6 aromatic carbocycles. The summed E-state index contributed by atoms with van der Waals surface area (Å²) < 4.78 is 0. The molecule has 0 aliphatic carbocycles. The molecule has 2 radical (unpaired) electrons. The van der Waals surface area contributed by atoms with Crippen molar-refractivity contribution in [1.29, 1.82) is 0 Å². The molecule has 0 nitrogen and oxygen atoms in total. The minimum atomic E-state index is 0. The minimum Gasteiger partial charge on any atom is -0.184 e. The number of benzene rings is 4. The molecule has 0 atom stereocenters. The molecule has 0 amide bonds. The van der Waals surface area contributed by atoms with Gasteiger partial charge in [-0.3, -0.25) is 0 Å².